The van der Waals surface area contributed by atoms with E-state index in [0.29, 0.717) is 54.0 Å². The van der Waals surface area contributed by atoms with Gasteiger partial charge in [0.05, 0.1) is 16.2 Å². The maximum atomic E-state index is 13.7. The van der Waals surface area contributed by atoms with Crippen molar-refractivity contribution in [2.45, 2.75) is 56.8 Å². The van der Waals surface area contributed by atoms with E-state index in [1.54, 1.807) is 50.2 Å². The van der Waals surface area contributed by atoms with E-state index in [2.05, 4.69) is 20.2 Å². The molecule has 2 aliphatic rings. The highest BCUT2D eigenvalue weighted by Crippen LogP contribution is 2.36. The summed E-state index contributed by atoms with van der Waals surface area (Å²) in [7, 11) is -1.62. The zero-order chi connectivity index (χ0) is 30.8. The number of aromatic nitrogens is 2. The molecule has 1 atom stereocenters. The van der Waals surface area contributed by atoms with E-state index in [4.69, 9.17) is 4.74 Å². The zero-order valence-electron chi connectivity index (χ0n) is 24.8. The lowest BCUT2D eigenvalue weighted by molar-refractivity contribution is -0.148. The number of benzene rings is 1. The maximum absolute atomic E-state index is 13.7. The van der Waals surface area contributed by atoms with E-state index in [1.165, 1.54) is 15.6 Å². The molecular weight excluding hydrogens is 590 g/mol. The molecule has 1 saturated carbocycles. The zero-order valence-corrected chi connectivity index (χ0v) is 26.4. The Bertz CT molecular complexity index is 1560. The first-order valence-electron chi connectivity index (χ1n) is 14.7. The molecule has 11 nitrogen and oxygen atoms in total. The minimum absolute atomic E-state index is 0.0401. The number of rotatable bonds is 11. The lowest BCUT2D eigenvalue weighted by atomic mass is 9.87. The minimum Gasteiger partial charge on any atom is -0.481 e. The summed E-state index contributed by atoms with van der Waals surface area (Å²) in [4.78, 5) is 37.0. The maximum Gasteiger partial charge on any atom is 0.312 e. The van der Waals surface area contributed by atoms with E-state index in [-0.39, 0.29) is 23.3 Å². The third kappa shape index (κ3) is 7.34. The third-order valence-electron chi connectivity index (χ3n) is 8.36. The number of carbonyl (C=O) groups is 2. The van der Waals surface area contributed by atoms with Gasteiger partial charge in [0.15, 0.2) is 5.13 Å². The first-order chi connectivity index (χ1) is 20.4. The average molecular weight is 630 g/mol. The lowest BCUT2D eigenvalue weighted by Crippen LogP contribution is -2.47. The number of piperazine rings is 1. The number of aliphatic carboxylic acids is 1. The molecule has 5 rings (SSSR count). The van der Waals surface area contributed by atoms with Crippen LogP contribution in [0.15, 0.2) is 41.3 Å². The van der Waals surface area contributed by atoms with Gasteiger partial charge in [0.25, 0.3) is 0 Å². The van der Waals surface area contributed by atoms with Crippen molar-refractivity contribution in [1.82, 2.24) is 19.2 Å². The fourth-order valence-electron chi connectivity index (χ4n) is 5.47. The summed E-state index contributed by atoms with van der Waals surface area (Å²) < 4.78 is 33.6. The highest BCUT2D eigenvalue weighted by molar-refractivity contribution is 7.89. The Morgan fingerprint density at radius 2 is 1.74 bits per heavy atom. The standard InChI is InChI=1S/C30H39N5O6S2/c1-30(2,28(37)38)19-41-25-13-12-24-27(32-25)42-29(31-24)33-26(36)23(18-20-6-4-5-7-20)21-8-10-22(11-9-21)43(39,40)35-16-14-34(3)15-17-35/h8-13,20,23H,4-7,14-19H2,1-3H3,(H,37,38)(H,31,33,36). The first kappa shape index (κ1) is 31.3. The van der Waals surface area contributed by atoms with Crippen molar-refractivity contribution in [1.29, 1.82) is 0 Å². The van der Waals surface area contributed by atoms with E-state index in [0.717, 1.165) is 31.2 Å². The fourth-order valence-corrected chi connectivity index (χ4v) is 7.72. The number of pyridine rings is 1. The lowest BCUT2D eigenvalue weighted by Gasteiger charge is -2.31. The molecule has 2 N–H and O–H groups in total. The van der Waals surface area contributed by atoms with E-state index >= 15 is 0 Å². The van der Waals surface area contributed by atoms with Crippen molar-refractivity contribution >= 4 is 48.7 Å². The molecule has 0 radical (unpaired) electrons. The predicted octanol–water partition coefficient (Wildman–Crippen LogP) is 4.42. The highest BCUT2D eigenvalue weighted by Gasteiger charge is 2.31. The van der Waals surface area contributed by atoms with Gasteiger partial charge in [0.1, 0.15) is 17.0 Å². The van der Waals surface area contributed by atoms with Crippen LogP contribution in [0.1, 0.15) is 57.4 Å². The summed E-state index contributed by atoms with van der Waals surface area (Å²) in [5, 5.41) is 12.7. The Labute approximate surface area is 256 Å². The van der Waals surface area contributed by atoms with Gasteiger partial charge >= 0.3 is 5.97 Å². The van der Waals surface area contributed by atoms with Gasteiger partial charge in [0.2, 0.25) is 21.8 Å². The molecule has 232 valence electrons. The van der Waals surface area contributed by atoms with Crippen molar-refractivity contribution in [2.75, 3.05) is 45.2 Å². The predicted molar refractivity (Wildman–Crippen MR) is 165 cm³/mol. The summed E-state index contributed by atoms with van der Waals surface area (Å²) in [6.45, 7) is 5.42. The molecule has 1 saturated heterocycles. The van der Waals surface area contributed by atoms with Crippen LogP contribution in [0.25, 0.3) is 10.3 Å². The SMILES string of the molecule is CN1CCN(S(=O)(=O)c2ccc(C(CC3CCCC3)C(=O)Nc3nc4ccc(OCC(C)(C)C(=O)O)nc4s3)cc2)CC1. The van der Waals surface area contributed by atoms with Gasteiger partial charge in [-0.25, -0.2) is 18.4 Å². The second-order valence-electron chi connectivity index (χ2n) is 12.2. The number of likely N-dealkylation sites (N-methyl/N-ethyl adjacent to an activating group) is 1. The van der Waals surface area contributed by atoms with Crippen LogP contribution in [0, 0.1) is 11.3 Å². The van der Waals surface area contributed by atoms with Gasteiger partial charge in [-0.1, -0.05) is 49.2 Å². The van der Waals surface area contributed by atoms with Crippen LogP contribution in [0.5, 0.6) is 5.88 Å². The number of nitrogens with zero attached hydrogens (tertiary/aromatic N) is 4. The van der Waals surface area contributed by atoms with Crippen LogP contribution in [-0.4, -0.2) is 84.4 Å². The Balaban J connectivity index is 1.32. The largest absolute Gasteiger partial charge is 0.481 e. The molecule has 1 aromatic carbocycles. The second kappa shape index (κ2) is 12.8. The number of amides is 1. The van der Waals surface area contributed by atoms with Gasteiger partial charge in [-0.05, 0) is 57.0 Å². The number of hydrogen-bond donors (Lipinski definition) is 2. The molecule has 13 heteroatoms. The first-order valence-corrected chi connectivity index (χ1v) is 16.9. The Hall–Kier alpha value is -3.13. The summed E-state index contributed by atoms with van der Waals surface area (Å²) in [5.41, 5.74) is 0.304. The van der Waals surface area contributed by atoms with E-state index in [9.17, 15) is 23.1 Å². The summed E-state index contributed by atoms with van der Waals surface area (Å²) in [6.07, 6.45) is 5.13. The van der Waals surface area contributed by atoms with Crippen LogP contribution < -0.4 is 10.1 Å². The van der Waals surface area contributed by atoms with Gasteiger partial charge in [-0.2, -0.15) is 4.31 Å². The summed E-state index contributed by atoms with van der Waals surface area (Å²) in [5.74, 6) is -0.902. The number of fused-ring (bicyclic) bond motifs is 1. The average Bonchev–Trinajstić information content (AvgIpc) is 3.64. The number of sulfonamides is 1. The normalized spacial score (nSPS) is 18.1. The highest BCUT2D eigenvalue weighted by atomic mass is 32.2. The molecule has 1 unspecified atom stereocenters. The van der Waals surface area contributed by atoms with Gasteiger partial charge in [0, 0.05) is 32.2 Å². The van der Waals surface area contributed by atoms with Crippen molar-refractivity contribution in [2.24, 2.45) is 11.3 Å². The molecule has 0 bridgehead atoms. The number of thiazole rings is 1. The molecule has 43 heavy (non-hydrogen) atoms. The van der Waals surface area contributed by atoms with Crippen molar-refractivity contribution in [3.8, 4) is 5.88 Å². The van der Waals surface area contributed by atoms with Gasteiger partial charge in [-0.15, -0.1) is 0 Å². The molecular formula is C30H39N5O6S2. The molecule has 1 aliphatic heterocycles. The molecule has 2 aromatic heterocycles. The van der Waals surface area contributed by atoms with Crippen molar-refractivity contribution < 1.29 is 27.9 Å². The number of ether oxygens (including phenoxy) is 1. The smallest absolute Gasteiger partial charge is 0.312 e. The quantitative estimate of drug-likeness (QED) is 0.315. The third-order valence-corrected chi connectivity index (χ3v) is 11.2. The second-order valence-corrected chi connectivity index (χ2v) is 15.1. The minimum atomic E-state index is -3.60. The Morgan fingerprint density at radius 1 is 1.07 bits per heavy atom. The van der Waals surface area contributed by atoms with Crippen LogP contribution >= 0.6 is 11.3 Å². The number of nitrogens with one attached hydrogen (secondary N) is 1. The van der Waals surface area contributed by atoms with Crippen LogP contribution in [0.3, 0.4) is 0 Å². The fraction of sp³-hybridized carbons (Fsp3) is 0.533. The van der Waals surface area contributed by atoms with Crippen LogP contribution in [0.2, 0.25) is 0 Å². The summed E-state index contributed by atoms with van der Waals surface area (Å²) in [6, 6.07) is 10.1. The van der Waals surface area contributed by atoms with Crippen molar-refractivity contribution in [3.63, 3.8) is 0 Å². The monoisotopic (exact) mass is 629 g/mol. The van der Waals surface area contributed by atoms with E-state index in [1.807, 2.05) is 7.05 Å². The Morgan fingerprint density at radius 3 is 2.40 bits per heavy atom. The number of carbonyl (C=O) groups excluding carboxylic acids is 1. The van der Waals surface area contributed by atoms with Gasteiger partial charge in [-0.3, -0.25) is 9.59 Å². The summed E-state index contributed by atoms with van der Waals surface area (Å²) >= 11 is 1.22. The molecule has 3 heterocycles. The van der Waals surface area contributed by atoms with Crippen LogP contribution in [-0.2, 0) is 19.6 Å². The number of carboxylic acid groups (broad SMARTS) is 1. The number of hydrogen-bond acceptors (Lipinski definition) is 9. The number of carboxylic acids is 1. The molecule has 1 amide bonds. The molecule has 0 spiro atoms. The Kier molecular flexibility index (Phi) is 9.35. The topological polar surface area (TPSA) is 142 Å². The molecule has 1 aliphatic carbocycles. The van der Waals surface area contributed by atoms with Gasteiger partial charge < -0.3 is 20.1 Å². The molecule has 2 fully saturated rings. The van der Waals surface area contributed by atoms with Crippen molar-refractivity contribution in [3.05, 3.63) is 42.0 Å². The van der Waals surface area contributed by atoms with Crippen LogP contribution in [0.4, 0.5) is 5.13 Å². The molecule has 3 aromatic rings. The van der Waals surface area contributed by atoms with E-state index < -0.39 is 27.3 Å². The number of anilines is 1.